The first-order chi connectivity index (χ1) is 19.3. The van der Waals surface area contributed by atoms with Crippen molar-refractivity contribution in [1.82, 2.24) is 0 Å². The van der Waals surface area contributed by atoms with Crippen LogP contribution in [0.5, 0.6) is 23.0 Å². The van der Waals surface area contributed by atoms with Crippen LogP contribution in [0.3, 0.4) is 0 Å². The van der Waals surface area contributed by atoms with Gasteiger partial charge in [0, 0.05) is 0 Å². The van der Waals surface area contributed by atoms with Crippen LogP contribution >= 0.6 is 0 Å². The van der Waals surface area contributed by atoms with Crippen LogP contribution in [0.4, 0.5) is 0 Å². The van der Waals surface area contributed by atoms with Gasteiger partial charge in [-0.2, -0.15) is 0 Å². The van der Waals surface area contributed by atoms with Crippen LogP contribution in [0.1, 0.15) is 0 Å². The molecule has 0 saturated carbocycles. The third-order valence-corrected chi connectivity index (χ3v) is 6.20. The summed E-state index contributed by atoms with van der Waals surface area (Å²) in [6, 6.07) is 24.2. The molecule has 0 bridgehead atoms. The largest absolute Gasteiger partial charge is 0.487 e. The van der Waals surface area contributed by atoms with Gasteiger partial charge in [-0.05, 0) is 51.4 Å². The van der Waals surface area contributed by atoms with Gasteiger partial charge in [0.2, 0.25) is 0 Å². The number of rotatable bonds is 0. The van der Waals surface area contributed by atoms with Gasteiger partial charge >= 0.3 is 0 Å². The standard InChI is InChI=1S/C32H34O7/c1-24-22-38-31-20-27-8-4-2-6-25(27)18-29(31)36-16-14-34-12-10-33-11-13-35-15-17-37-30-19-26-7-3-5-9-28(26)21-32(30)39-23-24/h2-9,18-21H,1,10-17,22-23H2. The smallest absolute Gasteiger partial charge is 0.162 e. The molecule has 0 aliphatic carbocycles. The molecule has 4 aromatic rings. The second-order valence-corrected chi connectivity index (χ2v) is 9.15. The van der Waals surface area contributed by atoms with Crippen LogP contribution in [0, 0.1) is 0 Å². The summed E-state index contributed by atoms with van der Waals surface area (Å²) in [6.07, 6.45) is 0. The summed E-state index contributed by atoms with van der Waals surface area (Å²) < 4.78 is 41.3. The monoisotopic (exact) mass is 530 g/mol. The minimum absolute atomic E-state index is 0.278. The molecule has 204 valence electrons. The Balaban J connectivity index is 1.32. The molecular formula is C32H34O7. The molecule has 1 aliphatic heterocycles. The van der Waals surface area contributed by atoms with Gasteiger partial charge in [0.15, 0.2) is 23.0 Å². The maximum Gasteiger partial charge on any atom is 0.162 e. The Morgan fingerprint density at radius 2 is 0.718 bits per heavy atom. The Bertz CT molecular complexity index is 1280. The fourth-order valence-corrected chi connectivity index (χ4v) is 4.21. The Kier molecular flexibility index (Phi) is 9.52. The molecule has 0 atom stereocenters. The first-order valence-corrected chi connectivity index (χ1v) is 13.2. The maximum atomic E-state index is 6.17. The third kappa shape index (κ3) is 7.63. The minimum atomic E-state index is 0.278. The van der Waals surface area contributed by atoms with Crippen molar-refractivity contribution in [3.8, 4) is 23.0 Å². The molecule has 0 N–H and O–H groups in total. The molecule has 0 aromatic heterocycles. The topological polar surface area (TPSA) is 64.6 Å². The molecule has 0 unspecified atom stereocenters. The van der Waals surface area contributed by atoms with Crippen molar-refractivity contribution in [1.29, 1.82) is 0 Å². The van der Waals surface area contributed by atoms with Gasteiger partial charge in [0.05, 0.1) is 39.6 Å². The number of benzene rings is 4. The summed E-state index contributed by atoms with van der Waals surface area (Å²) >= 11 is 0. The van der Waals surface area contributed by atoms with Crippen LogP contribution in [0.15, 0.2) is 84.9 Å². The van der Waals surface area contributed by atoms with E-state index in [2.05, 4.69) is 6.58 Å². The normalized spacial score (nSPS) is 16.8. The molecule has 0 amide bonds. The van der Waals surface area contributed by atoms with Crippen LogP contribution in [-0.4, -0.2) is 66.1 Å². The van der Waals surface area contributed by atoms with Crippen molar-refractivity contribution in [2.45, 2.75) is 0 Å². The zero-order valence-electron chi connectivity index (χ0n) is 22.1. The molecule has 7 nitrogen and oxygen atoms in total. The summed E-state index contributed by atoms with van der Waals surface area (Å²) in [5.41, 5.74) is 0.780. The molecule has 0 radical (unpaired) electrons. The van der Waals surface area contributed by atoms with Gasteiger partial charge in [-0.3, -0.25) is 0 Å². The summed E-state index contributed by atoms with van der Waals surface area (Å²) in [7, 11) is 0. The Morgan fingerprint density at radius 1 is 0.410 bits per heavy atom. The lowest BCUT2D eigenvalue weighted by Gasteiger charge is -2.17. The Hall–Kier alpha value is -3.78. The van der Waals surface area contributed by atoms with Crippen molar-refractivity contribution in [3.63, 3.8) is 0 Å². The highest BCUT2D eigenvalue weighted by Crippen LogP contribution is 2.34. The first kappa shape index (κ1) is 26.8. The number of hydrogen-bond donors (Lipinski definition) is 0. The zero-order chi connectivity index (χ0) is 26.7. The van der Waals surface area contributed by atoms with Crippen LogP contribution in [0.25, 0.3) is 21.5 Å². The summed E-state index contributed by atoms with van der Waals surface area (Å²) in [4.78, 5) is 0. The highest BCUT2D eigenvalue weighted by atomic mass is 16.6. The third-order valence-electron chi connectivity index (χ3n) is 6.20. The Morgan fingerprint density at radius 3 is 1.08 bits per heavy atom. The van der Waals surface area contributed by atoms with E-state index in [0.29, 0.717) is 75.9 Å². The average molecular weight is 531 g/mol. The second-order valence-electron chi connectivity index (χ2n) is 9.15. The fourth-order valence-electron chi connectivity index (χ4n) is 4.21. The van der Waals surface area contributed by atoms with Gasteiger partial charge in [0.25, 0.3) is 0 Å². The van der Waals surface area contributed by atoms with Gasteiger partial charge in [-0.25, -0.2) is 0 Å². The van der Waals surface area contributed by atoms with Crippen LogP contribution in [-0.2, 0) is 14.2 Å². The van der Waals surface area contributed by atoms with Crippen molar-refractivity contribution in [3.05, 3.63) is 84.9 Å². The molecule has 0 spiro atoms. The highest BCUT2D eigenvalue weighted by Gasteiger charge is 2.12. The highest BCUT2D eigenvalue weighted by molar-refractivity contribution is 5.86. The summed E-state index contributed by atoms with van der Waals surface area (Å²) in [5, 5.41) is 4.28. The van der Waals surface area contributed by atoms with E-state index in [1.54, 1.807) is 0 Å². The predicted molar refractivity (Wildman–Crippen MR) is 151 cm³/mol. The lowest BCUT2D eigenvalue weighted by atomic mass is 10.1. The zero-order valence-corrected chi connectivity index (χ0v) is 22.1. The van der Waals surface area contributed by atoms with Crippen LogP contribution in [0.2, 0.25) is 0 Å². The molecular weight excluding hydrogens is 496 g/mol. The van der Waals surface area contributed by atoms with E-state index in [-0.39, 0.29) is 13.2 Å². The first-order valence-electron chi connectivity index (χ1n) is 13.2. The van der Waals surface area contributed by atoms with E-state index in [1.807, 2.05) is 72.8 Å². The van der Waals surface area contributed by atoms with E-state index < -0.39 is 0 Å². The minimum Gasteiger partial charge on any atom is -0.487 e. The van der Waals surface area contributed by atoms with E-state index in [4.69, 9.17) is 33.2 Å². The van der Waals surface area contributed by atoms with Crippen molar-refractivity contribution in [2.75, 3.05) is 66.1 Å². The quantitative estimate of drug-likeness (QED) is 0.265. The SMILES string of the molecule is C=C1COc2cc3ccccc3cc2OCCOCCOCCOCCOc2cc3ccccc3cc2OC1. The van der Waals surface area contributed by atoms with Crippen molar-refractivity contribution >= 4 is 21.5 Å². The van der Waals surface area contributed by atoms with Gasteiger partial charge < -0.3 is 33.2 Å². The molecule has 0 saturated heterocycles. The van der Waals surface area contributed by atoms with Gasteiger partial charge in [0.1, 0.15) is 26.4 Å². The molecule has 0 fully saturated rings. The second kappa shape index (κ2) is 13.8. The number of fused-ring (bicyclic) bond motifs is 4. The molecule has 5 rings (SSSR count). The lowest BCUT2D eigenvalue weighted by Crippen LogP contribution is -2.15. The van der Waals surface area contributed by atoms with E-state index in [1.165, 1.54) is 0 Å². The maximum absolute atomic E-state index is 6.17. The number of ether oxygens (including phenoxy) is 7. The van der Waals surface area contributed by atoms with E-state index in [9.17, 15) is 0 Å². The molecule has 1 aliphatic rings. The van der Waals surface area contributed by atoms with Crippen LogP contribution < -0.4 is 18.9 Å². The van der Waals surface area contributed by atoms with Crippen molar-refractivity contribution < 1.29 is 33.2 Å². The predicted octanol–water partition coefficient (Wildman–Crippen LogP) is 5.83. The molecule has 1 heterocycles. The van der Waals surface area contributed by atoms with E-state index >= 15 is 0 Å². The molecule has 7 heteroatoms. The van der Waals surface area contributed by atoms with Gasteiger partial charge in [-0.1, -0.05) is 55.1 Å². The van der Waals surface area contributed by atoms with Gasteiger partial charge in [-0.15, -0.1) is 0 Å². The summed E-state index contributed by atoms with van der Waals surface area (Å²) in [5.74, 6) is 2.61. The average Bonchev–Trinajstić information content (AvgIpc) is 2.96. The number of hydrogen-bond acceptors (Lipinski definition) is 7. The molecule has 39 heavy (non-hydrogen) atoms. The fraction of sp³-hybridized carbons (Fsp3) is 0.312. The van der Waals surface area contributed by atoms with Crippen molar-refractivity contribution in [2.24, 2.45) is 0 Å². The Labute approximate surface area is 228 Å². The summed E-state index contributed by atoms with van der Waals surface area (Å²) in [6.45, 7) is 8.35. The lowest BCUT2D eigenvalue weighted by molar-refractivity contribution is 0.00474. The molecule has 4 aromatic carbocycles. The van der Waals surface area contributed by atoms with E-state index in [0.717, 1.165) is 27.1 Å².